The summed E-state index contributed by atoms with van der Waals surface area (Å²) in [4.78, 5) is 9.68. The van der Waals surface area contributed by atoms with E-state index in [0.29, 0.717) is 11.9 Å². The van der Waals surface area contributed by atoms with Gasteiger partial charge in [0.1, 0.15) is 5.75 Å². The van der Waals surface area contributed by atoms with Crippen LogP contribution in [0.2, 0.25) is 0 Å². The molecule has 4 nitrogen and oxygen atoms in total. The second-order valence-corrected chi connectivity index (χ2v) is 6.06. The van der Waals surface area contributed by atoms with E-state index in [4.69, 9.17) is 4.74 Å². The average Bonchev–Trinajstić information content (AvgIpc) is 2.49. The van der Waals surface area contributed by atoms with Crippen LogP contribution < -0.4 is 10.1 Å². The fourth-order valence-electron chi connectivity index (χ4n) is 1.74. The third kappa shape index (κ3) is 5.36. The zero-order valence-corrected chi connectivity index (χ0v) is 13.5. The van der Waals surface area contributed by atoms with Crippen LogP contribution in [0.15, 0.2) is 41.6 Å². The van der Waals surface area contributed by atoms with Gasteiger partial charge in [0.05, 0.1) is 0 Å². The van der Waals surface area contributed by atoms with Crippen molar-refractivity contribution in [2.75, 3.05) is 12.8 Å². The number of nitrogens with one attached hydrogen (secondary N) is 1. The molecule has 0 aliphatic carbocycles. The van der Waals surface area contributed by atoms with Gasteiger partial charge in [0.15, 0.2) is 0 Å². The fourth-order valence-corrected chi connectivity index (χ4v) is 2.15. The number of rotatable bonds is 7. The molecule has 0 atom stereocenters. The normalized spacial score (nSPS) is 10.9. The minimum absolute atomic E-state index is 0.375. The van der Waals surface area contributed by atoms with Gasteiger partial charge in [0.25, 0.3) is 0 Å². The second-order valence-electron chi connectivity index (χ2n) is 5.18. The van der Waals surface area contributed by atoms with Gasteiger partial charge in [-0.1, -0.05) is 13.8 Å². The predicted octanol–water partition coefficient (Wildman–Crippen LogP) is 3.74. The summed E-state index contributed by atoms with van der Waals surface area (Å²) in [7, 11) is 0. The van der Waals surface area contributed by atoms with E-state index >= 15 is 0 Å². The quantitative estimate of drug-likeness (QED) is 0.790. The van der Waals surface area contributed by atoms with E-state index in [-0.39, 0.29) is 0 Å². The van der Waals surface area contributed by atoms with Crippen LogP contribution in [0.25, 0.3) is 0 Å². The molecule has 1 aromatic heterocycles. The Kier molecular flexibility index (Phi) is 6.02. The van der Waals surface area contributed by atoms with Gasteiger partial charge in [0, 0.05) is 29.4 Å². The summed E-state index contributed by atoms with van der Waals surface area (Å²) in [5.41, 5.74) is 1.06. The van der Waals surface area contributed by atoms with Crippen LogP contribution in [-0.2, 0) is 6.54 Å². The molecule has 0 aliphatic rings. The van der Waals surface area contributed by atoms with Gasteiger partial charge in [-0.2, -0.15) is 0 Å². The molecule has 0 unspecified atom stereocenters. The smallest absolute Gasteiger partial charge is 0.321 e. The summed E-state index contributed by atoms with van der Waals surface area (Å²) >= 11 is 1.70. The third-order valence-corrected chi connectivity index (χ3v) is 3.58. The molecule has 1 aromatic carbocycles. The molecule has 2 aromatic rings. The highest BCUT2D eigenvalue weighted by Gasteiger charge is 2.02. The number of hydrogen-bond donors (Lipinski definition) is 1. The van der Waals surface area contributed by atoms with E-state index in [9.17, 15) is 0 Å². The Hall–Kier alpha value is -1.59. The Balaban J connectivity index is 1.89. The summed E-state index contributed by atoms with van der Waals surface area (Å²) in [6, 6.07) is 8.26. The van der Waals surface area contributed by atoms with Gasteiger partial charge in [-0.15, -0.1) is 11.8 Å². The predicted molar refractivity (Wildman–Crippen MR) is 86.9 cm³/mol. The Morgan fingerprint density at radius 3 is 2.38 bits per heavy atom. The van der Waals surface area contributed by atoms with Crippen molar-refractivity contribution in [1.82, 2.24) is 15.3 Å². The standard InChI is InChI=1S/C16H21N3OS/c1-12(2)8-17-9-13-10-18-16(19-11-13)20-14-4-6-15(21-3)7-5-14/h4-7,10-12,17H,8-9H2,1-3H3. The second kappa shape index (κ2) is 8.00. The van der Waals surface area contributed by atoms with Crippen molar-refractivity contribution in [2.45, 2.75) is 25.3 Å². The lowest BCUT2D eigenvalue weighted by atomic mass is 10.2. The molecule has 0 bridgehead atoms. The van der Waals surface area contributed by atoms with Crippen LogP contribution in [0.4, 0.5) is 0 Å². The van der Waals surface area contributed by atoms with E-state index in [1.165, 1.54) is 4.90 Å². The number of thioether (sulfide) groups is 1. The first-order valence-electron chi connectivity index (χ1n) is 7.01. The number of benzene rings is 1. The molecule has 1 N–H and O–H groups in total. The molecule has 0 amide bonds. The molecule has 2 rings (SSSR count). The van der Waals surface area contributed by atoms with Crippen LogP contribution in [0, 0.1) is 5.92 Å². The first-order chi connectivity index (χ1) is 10.2. The Labute approximate surface area is 130 Å². The lowest BCUT2D eigenvalue weighted by Crippen LogP contribution is -2.19. The number of aromatic nitrogens is 2. The summed E-state index contributed by atoms with van der Waals surface area (Å²) in [6.45, 7) is 6.13. The van der Waals surface area contributed by atoms with Crippen LogP contribution in [0.1, 0.15) is 19.4 Å². The van der Waals surface area contributed by atoms with Crippen molar-refractivity contribution in [3.05, 3.63) is 42.2 Å². The van der Waals surface area contributed by atoms with Crippen LogP contribution in [0.5, 0.6) is 11.8 Å². The summed E-state index contributed by atoms with van der Waals surface area (Å²) in [5.74, 6) is 1.39. The molecule has 0 saturated heterocycles. The van der Waals surface area contributed by atoms with Gasteiger partial charge in [-0.25, -0.2) is 9.97 Å². The van der Waals surface area contributed by atoms with Crippen LogP contribution >= 0.6 is 11.8 Å². The van der Waals surface area contributed by atoms with E-state index in [0.717, 1.165) is 24.4 Å². The van der Waals surface area contributed by atoms with E-state index < -0.39 is 0 Å². The maximum atomic E-state index is 5.62. The molecule has 0 saturated carbocycles. The SMILES string of the molecule is CSc1ccc(Oc2ncc(CNCC(C)C)cn2)cc1. The van der Waals surface area contributed by atoms with Gasteiger partial charge in [0.2, 0.25) is 0 Å². The molecule has 21 heavy (non-hydrogen) atoms. The Bertz CT molecular complexity index is 540. The number of hydrogen-bond acceptors (Lipinski definition) is 5. The Morgan fingerprint density at radius 1 is 1.14 bits per heavy atom. The monoisotopic (exact) mass is 303 g/mol. The van der Waals surface area contributed by atoms with Crippen molar-refractivity contribution in [3.63, 3.8) is 0 Å². The van der Waals surface area contributed by atoms with Gasteiger partial charge in [-0.3, -0.25) is 0 Å². The molecule has 0 radical (unpaired) electrons. The number of ether oxygens (including phenoxy) is 1. The van der Waals surface area contributed by atoms with Crippen molar-refractivity contribution in [2.24, 2.45) is 5.92 Å². The highest BCUT2D eigenvalue weighted by Crippen LogP contribution is 2.21. The van der Waals surface area contributed by atoms with Crippen molar-refractivity contribution in [3.8, 4) is 11.8 Å². The maximum Gasteiger partial charge on any atom is 0.321 e. The van der Waals surface area contributed by atoms with Crippen molar-refractivity contribution < 1.29 is 4.74 Å². The fraction of sp³-hybridized carbons (Fsp3) is 0.375. The number of nitrogens with zero attached hydrogens (tertiary/aromatic N) is 2. The summed E-state index contributed by atoms with van der Waals surface area (Å²) < 4.78 is 5.62. The van der Waals surface area contributed by atoms with Crippen LogP contribution in [0.3, 0.4) is 0 Å². The lowest BCUT2D eigenvalue weighted by Gasteiger charge is -2.08. The van der Waals surface area contributed by atoms with Gasteiger partial charge < -0.3 is 10.1 Å². The third-order valence-electron chi connectivity index (χ3n) is 2.83. The van der Waals surface area contributed by atoms with E-state index in [1.807, 2.05) is 30.5 Å². The zero-order chi connectivity index (χ0) is 15.1. The average molecular weight is 303 g/mol. The van der Waals surface area contributed by atoms with Gasteiger partial charge >= 0.3 is 6.01 Å². The molecular formula is C16H21N3OS. The molecule has 5 heteroatoms. The molecule has 112 valence electrons. The van der Waals surface area contributed by atoms with Crippen molar-refractivity contribution in [1.29, 1.82) is 0 Å². The van der Waals surface area contributed by atoms with E-state index in [2.05, 4.69) is 29.1 Å². The molecule has 0 aliphatic heterocycles. The molecule has 0 spiro atoms. The first kappa shape index (κ1) is 15.8. The highest BCUT2D eigenvalue weighted by atomic mass is 32.2. The zero-order valence-electron chi connectivity index (χ0n) is 12.7. The topological polar surface area (TPSA) is 47.0 Å². The molecular weight excluding hydrogens is 282 g/mol. The summed E-state index contributed by atoms with van der Waals surface area (Å²) in [5, 5.41) is 3.36. The maximum absolute atomic E-state index is 5.62. The highest BCUT2D eigenvalue weighted by molar-refractivity contribution is 7.98. The molecule has 0 fully saturated rings. The lowest BCUT2D eigenvalue weighted by molar-refractivity contribution is 0.440. The molecule has 1 heterocycles. The van der Waals surface area contributed by atoms with Crippen LogP contribution in [-0.4, -0.2) is 22.8 Å². The van der Waals surface area contributed by atoms with Crippen molar-refractivity contribution >= 4 is 11.8 Å². The summed E-state index contributed by atoms with van der Waals surface area (Å²) in [6.07, 6.45) is 5.64. The first-order valence-corrected chi connectivity index (χ1v) is 8.23. The minimum Gasteiger partial charge on any atom is -0.424 e. The minimum atomic E-state index is 0.375. The Morgan fingerprint density at radius 2 is 1.81 bits per heavy atom. The van der Waals surface area contributed by atoms with Gasteiger partial charge in [-0.05, 0) is 43.0 Å². The van der Waals surface area contributed by atoms with E-state index in [1.54, 1.807) is 24.2 Å². The largest absolute Gasteiger partial charge is 0.424 e.